The number of ether oxygens (including phenoxy) is 3. The summed E-state index contributed by atoms with van der Waals surface area (Å²) in [5.41, 5.74) is 1.85. The maximum atomic E-state index is 12.6. The lowest BCUT2D eigenvalue weighted by atomic mass is 9.87. The molecule has 0 atom stereocenters. The molecule has 2 aromatic carbocycles. The molecule has 0 fully saturated rings. The standard InChI is InChI=1S/C22H27F2NO4/c1-22(2,3)16-7-9-17(10-8-16)28-14-20(26)25(4)13-15-6-11-18(27-5)19(12-15)29-21(23)24/h6-12,21H,13-14H2,1-5H3. The molecule has 29 heavy (non-hydrogen) atoms. The van der Waals surface area contributed by atoms with Crippen molar-refractivity contribution >= 4 is 5.91 Å². The number of hydrogen-bond acceptors (Lipinski definition) is 4. The van der Waals surface area contributed by atoms with Gasteiger partial charge in [0.1, 0.15) is 5.75 Å². The first-order valence-corrected chi connectivity index (χ1v) is 9.19. The van der Waals surface area contributed by atoms with Crippen molar-refractivity contribution in [1.29, 1.82) is 0 Å². The van der Waals surface area contributed by atoms with Gasteiger partial charge in [-0.05, 0) is 40.8 Å². The molecule has 0 heterocycles. The van der Waals surface area contributed by atoms with E-state index in [1.807, 2.05) is 24.3 Å². The molecule has 0 radical (unpaired) electrons. The zero-order chi connectivity index (χ0) is 21.6. The Balaban J connectivity index is 1.95. The van der Waals surface area contributed by atoms with Crippen molar-refractivity contribution in [3.63, 3.8) is 0 Å². The highest BCUT2D eigenvalue weighted by molar-refractivity contribution is 5.77. The molecule has 5 nitrogen and oxygen atoms in total. The van der Waals surface area contributed by atoms with E-state index in [9.17, 15) is 13.6 Å². The first-order chi connectivity index (χ1) is 13.6. The zero-order valence-electron chi connectivity index (χ0n) is 17.4. The minimum Gasteiger partial charge on any atom is -0.493 e. The van der Waals surface area contributed by atoms with Gasteiger partial charge in [0.05, 0.1) is 7.11 Å². The second kappa shape index (κ2) is 9.58. The summed E-state index contributed by atoms with van der Waals surface area (Å²) in [6.45, 7) is 3.50. The molecular formula is C22H27F2NO4. The first kappa shape index (κ1) is 22.5. The lowest BCUT2D eigenvalue weighted by molar-refractivity contribution is -0.132. The van der Waals surface area contributed by atoms with Crippen LogP contribution in [0.25, 0.3) is 0 Å². The summed E-state index contributed by atoms with van der Waals surface area (Å²) in [6, 6.07) is 12.3. The van der Waals surface area contributed by atoms with Crippen LogP contribution in [0.3, 0.4) is 0 Å². The predicted octanol–water partition coefficient (Wildman–Crippen LogP) is 4.63. The van der Waals surface area contributed by atoms with E-state index in [0.29, 0.717) is 11.3 Å². The van der Waals surface area contributed by atoms with E-state index >= 15 is 0 Å². The first-order valence-electron chi connectivity index (χ1n) is 9.19. The van der Waals surface area contributed by atoms with Crippen LogP contribution in [-0.2, 0) is 16.8 Å². The van der Waals surface area contributed by atoms with Gasteiger partial charge in [-0.3, -0.25) is 4.79 Å². The average molecular weight is 407 g/mol. The van der Waals surface area contributed by atoms with Gasteiger partial charge in [0.15, 0.2) is 18.1 Å². The summed E-state index contributed by atoms with van der Waals surface area (Å²) in [5, 5.41) is 0. The van der Waals surface area contributed by atoms with Crippen LogP contribution < -0.4 is 14.2 Å². The molecule has 0 aromatic heterocycles. The lowest BCUT2D eigenvalue weighted by Gasteiger charge is -2.20. The van der Waals surface area contributed by atoms with E-state index in [0.717, 1.165) is 0 Å². The number of rotatable bonds is 8. The predicted molar refractivity (Wildman–Crippen MR) is 107 cm³/mol. The zero-order valence-corrected chi connectivity index (χ0v) is 17.4. The smallest absolute Gasteiger partial charge is 0.387 e. The van der Waals surface area contributed by atoms with E-state index in [4.69, 9.17) is 9.47 Å². The highest BCUT2D eigenvalue weighted by Crippen LogP contribution is 2.30. The highest BCUT2D eigenvalue weighted by atomic mass is 19.3. The number of benzene rings is 2. The van der Waals surface area contributed by atoms with Crippen molar-refractivity contribution in [3.8, 4) is 17.2 Å². The Morgan fingerprint density at radius 3 is 2.28 bits per heavy atom. The number of carbonyl (C=O) groups excluding carboxylic acids is 1. The number of methoxy groups -OCH3 is 1. The largest absolute Gasteiger partial charge is 0.493 e. The second-order valence-corrected chi connectivity index (χ2v) is 7.68. The minimum absolute atomic E-state index is 0.0415. The van der Waals surface area contributed by atoms with E-state index in [-0.39, 0.29) is 36.0 Å². The molecule has 0 bridgehead atoms. The molecule has 0 aliphatic carbocycles. The van der Waals surface area contributed by atoms with Gasteiger partial charge in [-0.15, -0.1) is 0 Å². The minimum atomic E-state index is -2.96. The summed E-state index contributed by atoms with van der Waals surface area (Å²) in [5.74, 6) is 0.495. The molecule has 7 heteroatoms. The van der Waals surface area contributed by atoms with Crippen LogP contribution >= 0.6 is 0 Å². The van der Waals surface area contributed by atoms with Gasteiger partial charge < -0.3 is 19.1 Å². The van der Waals surface area contributed by atoms with Crippen molar-refractivity contribution in [3.05, 3.63) is 53.6 Å². The lowest BCUT2D eigenvalue weighted by Crippen LogP contribution is -2.31. The maximum Gasteiger partial charge on any atom is 0.387 e. The Morgan fingerprint density at radius 2 is 1.72 bits per heavy atom. The van der Waals surface area contributed by atoms with Crippen LogP contribution in [-0.4, -0.2) is 38.2 Å². The number of likely N-dealkylation sites (N-methyl/N-ethyl adjacent to an activating group) is 1. The number of hydrogen-bond donors (Lipinski definition) is 0. The number of halogens is 2. The van der Waals surface area contributed by atoms with Crippen LogP contribution in [0.5, 0.6) is 17.2 Å². The van der Waals surface area contributed by atoms with Gasteiger partial charge in [-0.1, -0.05) is 39.0 Å². The van der Waals surface area contributed by atoms with Gasteiger partial charge >= 0.3 is 6.61 Å². The molecule has 0 aliphatic heterocycles. The van der Waals surface area contributed by atoms with Crippen LogP contribution in [0.4, 0.5) is 8.78 Å². The van der Waals surface area contributed by atoms with Crippen molar-refractivity contribution in [1.82, 2.24) is 4.90 Å². The van der Waals surface area contributed by atoms with Crippen LogP contribution in [0.1, 0.15) is 31.9 Å². The topological polar surface area (TPSA) is 48.0 Å². The normalized spacial score (nSPS) is 11.3. The van der Waals surface area contributed by atoms with Crippen LogP contribution in [0, 0.1) is 0 Å². The Bertz CT molecular complexity index is 817. The molecule has 0 saturated carbocycles. The van der Waals surface area contributed by atoms with Gasteiger partial charge in [0.25, 0.3) is 5.91 Å². The maximum absolute atomic E-state index is 12.6. The Hall–Kier alpha value is -2.83. The molecule has 0 spiro atoms. The van der Waals surface area contributed by atoms with Crippen LogP contribution in [0.2, 0.25) is 0 Å². The van der Waals surface area contributed by atoms with Gasteiger partial charge in [-0.2, -0.15) is 8.78 Å². The third kappa shape index (κ3) is 6.62. The SMILES string of the molecule is COc1ccc(CN(C)C(=O)COc2ccc(C(C)(C)C)cc2)cc1OC(F)F. The summed E-state index contributed by atoms with van der Waals surface area (Å²) in [6.07, 6.45) is 0. The van der Waals surface area contributed by atoms with E-state index in [1.54, 1.807) is 13.1 Å². The summed E-state index contributed by atoms with van der Waals surface area (Å²) < 4.78 is 40.2. The van der Waals surface area contributed by atoms with Gasteiger partial charge in [0.2, 0.25) is 0 Å². The average Bonchev–Trinajstić information content (AvgIpc) is 2.65. The van der Waals surface area contributed by atoms with Crippen molar-refractivity contribution < 1.29 is 27.8 Å². The van der Waals surface area contributed by atoms with E-state index < -0.39 is 6.61 Å². The van der Waals surface area contributed by atoms with Gasteiger partial charge in [-0.25, -0.2) is 0 Å². The monoisotopic (exact) mass is 407 g/mol. The fraction of sp³-hybridized carbons (Fsp3) is 0.409. The highest BCUT2D eigenvalue weighted by Gasteiger charge is 2.16. The molecule has 158 valence electrons. The Labute approximate surface area is 170 Å². The van der Waals surface area contributed by atoms with Crippen LogP contribution in [0.15, 0.2) is 42.5 Å². The molecule has 0 unspecified atom stereocenters. The Morgan fingerprint density at radius 1 is 1.07 bits per heavy atom. The quantitative estimate of drug-likeness (QED) is 0.640. The summed E-state index contributed by atoms with van der Waals surface area (Å²) >= 11 is 0. The number of amides is 1. The molecule has 2 aromatic rings. The number of nitrogens with zero attached hydrogens (tertiary/aromatic N) is 1. The number of carbonyl (C=O) groups is 1. The number of alkyl halides is 2. The fourth-order valence-corrected chi connectivity index (χ4v) is 2.68. The van der Waals surface area contributed by atoms with E-state index in [1.165, 1.54) is 29.7 Å². The van der Waals surface area contributed by atoms with Crippen molar-refractivity contribution in [2.24, 2.45) is 0 Å². The fourth-order valence-electron chi connectivity index (χ4n) is 2.68. The molecule has 0 saturated heterocycles. The molecule has 1 amide bonds. The molecular weight excluding hydrogens is 380 g/mol. The third-order valence-corrected chi connectivity index (χ3v) is 4.37. The second-order valence-electron chi connectivity index (χ2n) is 7.68. The van der Waals surface area contributed by atoms with Gasteiger partial charge in [0, 0.05) is 13.6 Å². The summed E-state index contributed by atoms with van der Waals surface area (Å²) in [7, 11) is 2.99. The van der Waals surface area contributed by atoms with E-state index in [2.05, 4.69) is 25.5 Å². The molecule has 0 aliphatic rings. The summed E-state index contributed by atoms with van der Waals surface area (Å²) in [4.78, 5) is 13.8. The molecule has 2 rings (SSSR count). The van der Waals surface area contributed by atoms with Crippen molar-refractivity contribution in [2.45, 2.75) is 39.3 Å². The molecule has 0 N–H and O–H groups in total. The van der Waals surface area contributed by atoms with Crippen molar-refractivity contribution in [2.75, 3.05) is 20.8 Å². The third-order valence-electron chi connectivity index (χ3n) is 4.37. The Kier molecular flexibility index (Phi) is 7.42.